The summed E-state index contributed by atoms with van der Waals surface area (Å²) in [7, 11) is 0. The van der Waals surface area contributed by atoms with Gasteiger partial charge in [-0.3, -0.25) is 0 Å². The maximum absolute atomic E-state index is 8.35. The van der Waals surface area contributed by atoms with Gasteiger partial charge in [0, 0.05) is 0 Å². The second-order valence-corrected chi connectivity index (χ2v) is 4.39. The fraction of sp³-hybridized carbons (Fsp3) is 0.867. The second kappa shape index (κ2) is 30.1. The Morgan fingerprint density at radius 3 is 0.895 bits per heavy atom. The third-order valence-corrected chi connectivity index (χ3v) is 2.71. The quantitative estimate of drug-likeness (QED) is 0.328. The molecule has 0 aromatic heterocycles. The summed E-state index contributed by atoms with van der Waals surface area (Å²) in [6, 6.07) is 0. The summed E-state index contributed by atoms with van der Waals surface area (Å²) >= 11 is 0. The first kappa shape index (κ1) is 22.9. The maximum Gasteiger partial charge on any atom is 0.231 e. The van der Waals surface area contributed by atoms with Crippen LogP contribution < -0.4 is 0 Å². The molecule has 0 saturated carbocycles. The molecule has 0 radical (unpaired) electrons. The molecule has 0 amide bonds. The number of nitrogens with one attached hydrogen (secondary N) is 2. The molecule has 112 valence electrons. The van der Waals surface area contributed by atoms with Crippen LogP contribution >= 0.6 is 0 Å². The van der Waals surface area contributed by atoms with Gasteiger partial charge >= 0.3 is 0 Å². The van der Waals surface area contributed by atoms with Crippen molar-refractivity contribution >= 4 is 12.2 Å². The van der Waals surface area contributed by atoms with Crippen LogP contribution in [0.25, 0.3) is 0 Å². The molecule has 0 aliphatic carbocycles. The summed E-state index contributed by atoms with van der Waals surface area (Å²) < 4.78 is 0. The van der Waals surface area contributed by atoms with Gasteiger partial charge in [-0.25, -0.2) is 20.4 Å². The first-order chi connectivity index (χ1) is 9.24. The van der Waals surface area contributed by atoms with E-state index in [-0.39, 0.29) is 0 Å². The van der Waals surface area contributed by atoms with Crippen molar-refractivity contribution in [1.29, 1.82) is 10.8 Å². The molecule has 0 heterocycles. The van der Waals surface area contributed by atoms with Crippen LogP contribution in [0.5, 0.6) is 0 Å². The standard InChI is InChI=1S/C13H28.2CHNO/c1-3-5-7-9-11-13-12-10-8-6-4-2;2*2-1-3/h3-13H2,1-2H3;2*2H. The lowest BCUT2D eigenvalue weighted by Gasteiger charge is -2.00. The Hall–Kier alpha value is -1.24. The molecule has 0 bridgehead atoms. The van der Waals surface area contributed by atoms with Crippen molar-refractivity contribution in [3.05, 3.63) is 0 Å². The molecule has 4 heteroatoms. The summed E-state index contributed by atoms with van der Waals surface area (Å²) in [5, 5.41) is 10.8. The van der Waals surface area contributed by atoms with Crippen LogP contribution in [-0.4, -0.2) is 12.2 Å². The van der Waals surface area contributed by atoms with Crippen molar-refractivity contribution in [3.63, 3.8) is 0 Å². The Morgan fingerprint density at radius 2 is 0.737 bits per heavy atom. The number of unbranched alkanes of at least 4 members (excludes halogenated alkanes) is 10. The van der Waals surface area contributed by atoms with Gasteiger partial charge in [0.1, 0.15) is 0 Å². The molecule has 0 aromatic rings. The number of hydrogen-bond acceptors (Lipinski definition) is 4. The average molecular weight is 270 g/mol. The minimum Gasteiger partial charge on any atom is -0.222 e. The van der Waals surface area contributed by atoms with E-state index in [1.165, 1.54) is 70.6 Å². The first-order valence-electron chi connectivity index (χ1n) is 7.32. The van der Waals surface area contributed by atoms with Crippen LogP contribution in [0.15, 0.2) is 0 Å². The monoisotopic (exact) mass is 270 g/mol. The lowest BCUT2D eigenvalue weighted by molar-refractivity contribution is 0.554. The van der Waals surface area contributed by atoms with Crippen LogP contribution in [-0.2, 0) is 9.59 Å². The summed E-state index contributed by atoms with van der Waals surface area (Å²) in [5.74, 6) is 0. The van der Waals surface area contributed by atoms with Crippen LogP contribution in [0.4, 0.5) is 0 Å². The van der Waals surface area contributed by atoms with E-state index in [0.29, 0.717) is 0 Å². The highest BCUT2D eigenvalue weighted by molar-refractivity contribution is 5.26. The van der Waals surface area contributed by atoms with Crippen LogP contribution in [0, 0.1) is 10.8 Å². The second-order valence-electron chi connectivity index (χ2n) is 4.39. The van der Waals surface area contributed by atoms with Crippen LogP contribution in [0.3, 0.4) is 0 Å². The maximum atomic E-state index is 8.35. The SMILES string of the molecule is CCCCCCCCCCCCC.N=C=O.N=C=O. The van der Waals surface area contributed by atoms with E-state index in [0.717, 1.165) is 12.2 Å². The van der Waals surface area contributed by atoms with Gasteiger partial charge in [-0.2, -0.15) is 0 Å². The zero-order chi connectivity index (χ0) is 15.2. The van der Waals surface area contributed by atoms with Gasteiger partial charge in [0.2, 0.25) is 12.2 Å². The van der Waals surface area contributed by atoms with Crippen molar-refractivity contribution in [2.75, 3.05) is 0 Å². The Balaban J connectivity index is -0.000000360. The fourth-order valence-corrected chi connectivity index (χ4v) is 1.74. The molecule has 0 fully saturated rings. The number of carbonyl (C=O) groups excluding carboxylic acids is 2. The highest BCUT2D eigenvalue weighted by Crippen LogP contribution is 2.10. The van der Waals surface area contributed by atoms with Crippen molar-refractivity contribution in [2.24, 2.45) is 0 Å². The summed E-state index contributed by atoms with van der Waals surface area (Å²) in [5.41, 5.74) is 0. The van der Waals surface area contributed by atoms with Gasteiger partial charge in [0.15, 0.2) is 0 Å². The molecule has 0 aromatic carbocycles. The van der Waals surface area contributed by atoms with Crippen molar-refractivity contribution in [1.82, 2.24) is 0 Å². The molecular weight excluding hydrogens is 240 g/mol. The van der Waals surface area contributed by atoms with Crippen LogP contribution in [0.1, 0.15) is 84.5 Å². The number of rotatable bonds is 10. The van der Waals surface area contributed by atoms with E-state index < -0.39 is 0 Å². The highest BCUT2D eigenvalue weighted by atomic mass is 16.1. The van der Waals surface area contributed by atoms with Gasteiger partial charge in [-0.15, -0.1) is 0 Å². The molecule has 0 rings (SSSR count). The van der Waals surface area contributed by atoms with Gasteiger partial charge < -0.3 is 0 Å². The van der Waals surface area contributed by atoms with Crippen molar-refractivity contribution < 1.29 is 9.59 Å². The van der Waals surface area contributed by atoms with E-state index in [4.69, 9.17) is 20.4 Å². The molecule has 0 spiro atoms. The van der Waals surface area contributed by atoms with Gasteiger partial charge in [0.05, 0.1) is 0 Å². The minimum atomic E-state index is 0.750. The normalized spacial score (nSPS) is 8.11. The zero-order valence-electron chi connectivity index (χ0n) is 12.6. The largest absolute Gasteiger partial charge is 0.231 e. The lowest BCUT2D eigenvalue weighted by Crippen LogP contribution is -1.80. The molecule has 0 saturated heterocycles. The van der Waals surface area contributed by atoms with E-state index in [1.54, 1.807) is 0 Å². The predicted molar refractivity (Wildman–Crippen MR) is 79.0 cm³/mol. The van der Waals surface area contributed by atoms with Crippen LogP contribution in [0.2, 0.25) is 0 Å². The van der Waals surface area contributed by atoms with E-state index >= 15 is 0 Å². The number of hydrogen-bond donors (Lipinski definition) is 2. The van der Waals surface area contributed by atoms with Gasteiger partial charge in [-0.05, 0) is 0 Å². The third kappa shape index (κ3) is 47.6. The van der Waals surface area contributed by atoms with Crippen molar-refractivity contribution in [2.45, 2.75) is 84.5 Å². The first-order valence-corrected chi connectivity index (χ1v) is 7.32. The molecule has 4 nitrogen and oxygen atoms in total. The summed E-state index contributed by atoms with van der Waals surface area (Å²) in [4.78, 5) is 16.7. The smallest absolute Gasteiger partial charge is 0.222 e. The fourth-order valence-electron chi connectivity index (χ4n) is 1.74. The highest BCUT2D eigenvalue weighted by Gasteiger charge is 1.90. The van der Waals surface area contributed by atoms with Crippen molar-refractivity contribution in [3.8, 4) is 0 Å². The molecule has 19 heavy (non-hydrogen) atoms. The predicted octanol–water partition coefficient (Wildman–Crippen LogP) is 5.12. The average Bonchev–Trinajstić information content (AvgIpc) is 2.39. The molecular formula is C15H30N2O2. The molecule has 0 aliphatic rings. The van der Waals surface area contributed by atoms with E-state index in [2.05, 4.69) is 13.8 Å². The van der Waals surface area contributed by atoms with E-state index in [1.807, 2.05) is 0 Å². The van der Waals surface area contributed by atoms with E-state index in [9.17, 15) is 0 Å². The van der Waals surface area contributed by atoms with Gasteiger partial charge in [0.25, 0.3) is 0 Å². The van der Waals surface area contributed by atoms with Gasteiger partial charge in [-0.1, -0.05) is 84.5 Å². The Kier molecular flexibility index (Phi) is 36.3. The zero-order valence-corrected chi connectivity index (χ0v) is 12.6. The molecule has 0 atom stereocenters. The third-order valence-electron chi connectivity index (χ3n) is 2.71. The molecule has 0 unspecified atom stereocenters. The number of isocyanates is 2. The Morgan fingerprint density at radius 1 is 0.579 bits per heavy atom. The lowest BCUT2D eigenvalue weighted by atomic mass is 10.1. The minimum absolute atomic E-state index is 0.750. The molecule has 0 aliphatic heterocycles. The topological polar surface area (TPSA) is 81.8 Å². The Labute approximate surface area is 118 Å². The molecule has 2 N–H and O–H groups in total. The summed E-state index contributed by atoms with van der Waals surface area (Å²) in [6.07, 6.45) is 17.4. The Bertz CT molecular complexity index is 184. The summed E-state index contributed by atoms with van der Waals surface area (Å²) in [6.45, 7) is 4.56.